The third kappa shape index (κ3) is 5.12. The van der Waals surface area contributed by atoms with Gasteiger partial charge < -0.3 is 19.5 Å². The highest BCUT2D eigenvalue weighted by Crippen LogP contribution is 2.41. The van der Waals surface area contributed by atoms with E-state index in [1.165, 1.54) is 35.6 Å². The van der Waals surface area contributed by atoms with Gasteiger partial charge in [-0.3, -0.25) is 14.5 Å². The fraction of sp³-hybridized carbons (Fsp3) is 0.655. The monoisotopic (exact) mass is 526 g/mol. The molecule has 0 radical (unpaired) electrons. The van der Waals surface area contributed by atoms with Crippen molar-refractivity contribution in [3.8, 4) is 0 Å². The van der Waals surface area contributed by atoms with Crippen LogP contribution >= 0.6 is 11.3 Å². The molecule has 0 atom stereocenters. The summed E-state index contributed by atoms with van der Waals surface area (Å²) in [5, 5.41) is 1.28. The quantitative estimate of drug-likeness (QED) is 0.579. The standard InChI is InChI=1S/C29H42N4O3S/c1-6-33(22-11-9-21(10-12-22)32-15-23(16-32)36-5)29-20(4)26-25(37-29)8-7-13-31(28(26)35)17-24-18(2)14-19(3)30-27(24)34/h14,21-23H,6-13,15-17H2,1-5H3,(H,30,34)/t21-,22-. The van der Waals surface area contributed by atoms with Crippen LogP contribution in [0.5, 0.6) is 0 Å². The number of ether oxygens (including phenoxy) is 1. The second-order valence-electron chi connectivity index (χ2n) is 11.2. The number of likely N-dealkylation sites (tertiary alicyclic amines) is 1. The maximum Gasteiger partial charge on any atom is 0.255 e. The number of rotatable bonds is 7. The Balaban J connectivity index is 1.32. The summed E-state index contributed by atoms with van der Waals surface area (Å²) in [5.41, 5.74) is 4.43. The van der Waals surface area contributed by atoms with Crippen molar-refractivity contribution >= 4 is 22.2 Å². The Morgan fingerprint density at radius 2 is 1.86 bits per heavy atom. The van der Waals surface area contributed by atoms with E-state index >= 15 is 0 Å². The SMILES string of the molecule is CCN(c1sc2c(c1C)C(=O)N(Cc1c(C)cc(C)[nH]c1=O)CCC2)[C@H]1CC[C@H](N2CC(OC)C2)CC1. The molecule has 1 saturated carbocycles. The van der Waals surface area contributed by atoms with Crippen molar-refractivity contribution in [3.63, 3.8) is 0 Å². The number of amides is 1. The van der Waals surface area contributed by atoms with Gasteiger partial charge in [-0.25, -0.2) is 0 Å². The van der Waals surface area contributed by atoms with Crippen LogP contribution in [-0.4, -0.2) is 72.2 Å². The number of hydrogen-bond donors (Lipinski definition) is 1. The number of hydrogen-bond acceptors (Lipinski definition) is 6. The number of fused-ring (bicyclic) bond motifs is 1. The van der Waals surface area contributed by atoms with Crippen LogP contribution in [0, 0.1) is 20.8 Å². The Morgan fingerprint density at radius 1 is 1.14 bits per heavy atom. The average molecular weight is 527 g/mol. The molecule has 2 aromatic rings. The molecular weight excluding hydrogens is 484 g/mol. The zero-order valence-corrected chi connectivity index (χ0v) is 23.9. The van der Waals surface area contributed by atoms with Crippen LogP contribution in [0.25, 0.3) is 0 Å². The van der Waals surface area contributed by atoms with Crippen LogP contribution in [0.4, 0.5) is 5.00 Å². The van der Waals surface area contributed by atoms with Crippen molar-refractivity contribution in [2.75, 3.05) is 38.2 Å². The maximum atomic E-state index is 13.8. The molecule has 37 heavy (non-hydrogen) atoms. The lowest BCUT2D eigenvalue weighted by Gasteiger charge is -2.47. The molecule has 2 aliphatic heterocycles. The molecule has 4 heterocycles. The van der Waals surface area contributed by atoms with Crippen molar-refractivity contribution in [2.45, 2.75) is 91.0 Å². The minimum atomic E-state index is -0.0822. The van der Waals surface area contributed by atoms with Crippen LogP contribution in [-0.2, 0) is 17.7 Å². The lowest BCUT2D eigenvalue weighted by molar-refractivity contribution is -0.0578. The van der Waals surface area contributed by atoms with Crippen molar-refractivity contribution in [3.05, 3.63) is 49.2 Å². The van der Waals surface area contributed by atoms with E-state index in [-0.39, 0.29) is 11.5 Å². The summed E-state index contributed by atoms with van der Waals surface area (Å²) in [4.78, 5) is 37.7. The van der Waals surface area contributed by atoms with E-state index in [0.29, 0.717) is 36.8 Å². The molecule has 3 aliphatic rings. The molecule has 0 aromatic carbocycles. The van der Waals surface area contributed by atoms with Crippen LogP contribution in [0.2, 0.25) is 0 Å². The summed E-state index contributed by atoms with van der Waals surface area (Å²) in [7, 11) is 1.82. The Kier molecular flexibility index (Phi) is 7.80. The number of aromatic amines is 1. The number of anilines is 1. The van der Waals surface area contributed by atoms with Gasteiger partial charge >= 0.3 is 0 Å². The Bertz CT molecular complexity index is 1190. The average Bonchev–Trinajstić information content (AvgIpc) is 3.07. The smallest absolute Gasteiger partial charge is 0.255 e. The van der Waals surface area contributed by atoms with E-state index in [0.717, 1.165) is 54.9 Å². The van der Waals surface area contributed by atoms with Gasteiger partial charge in [0.2, 0.25) is 0 Å². The largest absolute Gasteiger partial charge is 0.379 e. The van der Waals surface area contributed by atoms with Crippen LogP contribution in [0.1, 0.15) is 76.6 Å². The van der Waals surface area contributed by atoms with Gasteiger partial charge in [-0.2, -0.15) is 0 Å². The topological polar surface area (TPSA) is 68.9 Å². The third-order valence-electron chi connectivity index (χ3n) is 8.80. The van der Waals surface area contributed by atoms with E-state index < -0.39 is 0 Å². The normalized spacial score (nSPS) is 23.1. The number of thiophene rings is 1. The lowest BCUT2D eigenvalue weighted by Crippen LogP contribution is -2.57. The van der Waals surface area contributed by atoms with E-state index in [4.69, 9.17) is 4.74 Å². The van der Waals surface area contributed by atoms with Gasteiger partial charge in [-0.1, -0.05) is 0 Å². The maximum absolute atomic E-state index is 13.8. The van der Waals surface area contributed by atoms with Crippen molar-refractivity contribution in [2.24, 2.45) is 0 Å². The lowest BCUT2D eigenvalue weighted by atomic mass is 9.87. The minimum absolute atomic E-state index is 0.0807. The Morgan fingerprint density at radius 3 is 2.51 bits per heavy atom. The highest BCUT2D eigenvalue weighted by molar-refractivity contribution is 7.16. The molecule has 7 nitrogen and oxygen atoms in total. The predicted octanol–water partition coefficient (Wildman–Crippen LogP) is 4.42. The van der Waals surface area contributed by atoms with Gasteiger partial charge in [0.25, 0.3) is 11.5 Å². The van der Waals surface area contributed by atoms with Crippen molar-refractivity contribution in [1.82, 2.24) is 14.8 Å². The third-order valence-corrected chi connectivity index (χ3v) is 10.2. The summed E-state index contributed by atoms with van der Waals surface area (Å²) in [5.74, 6) is 0.0807. The summed E-state index contributed by atoms with van der Waals surface area (Å²) in [6.45, 7) is 12.4. The molecule has 5 rings (SSSR count). The number of nitrogens with one attached hydrogen (secondary N) is 1. The Hall–Kier alpha value is -2.16. The van der Waals surface area contributed by atoms with E-state index in [1.54, 1.807) is 0 Å². The first-order valence-electron chi connectivity index (χ1n) is 13.9. The molecule has 8 heteroatoms. The zero-order chi connectivity index (χ0) is 26.3. The second-order valence-corrected chi connectivity index (χ2v) is 12.2. The highest BCUT2D eigenvalue weighted by atomic mass is 32.1. The fourth-order valence-corrected chi connectivity index (χ4v) is 8.09. The number of pyridine rings is 1. The molecule has 0 unspecified atom stereocenters. The summed E-state index contributed by atoms with van der Waals surface area (Å²) in [6, 6.07) is 3.21. The van der Waals surface area contributed by atoms with Crippen molar-refractivity contribution < 1.29 is 9.53 Å². The van der Waals surface area contributed by atoms with Crippen LogP contribution in [0.3, 0.4) is 0 Å². The van der Waals surface area contributed by atoms with Crippen LogP contribution < -0.4 is 10.5 Å². The molecular formula is C29H42N4O3S. The minimum Gasteiger partial charge on any atom is -0.379 e. The van der Waals surface area contributed by atoms with Gasteiger partial charge in [-0.05, 0) is 83.4 Å². The van der Waals surface area contributed by atoms with Crippen molar-refractivity contribution in [1.29, 1.82) is 0 Å². The molecule has 1 amide bonds. The molecule has 0 bridgehead atoms. The summed E-state index contributed by atoms with van der Waals surface area (Å²) < 4.78 is 5.47. The zero-order valence-electron chi connectivity index (χ0n) is 23.1. The number of aryl methyl sites for hydroxylation is 3. The van der Waals surface area contributed by atoms with E-state index in [9.17, 15) is 9.59 Å². The molecule has 2 fully saturated rings. The van der Waals surface area contributed by atoms with Gasteiger partial charge in [-0.15, -0.1) is 11.3 Å². The number of nitrogens with zero attached hydrogens (tertiary/aromatic N) is 3. The number of aromatic nitrogens is 1. The van der Waals surface area contributed by atoms with E-state index in [2.05, 4.69) is 28.6 Å². The molecule has 1 N–H and O–H groups in total. The second kappa shape index (κ2) is 10.9. The summed E-state index contributed by atoms with van der Waals surface area (Å²) in [6.07, 6.45) is 7.13. The van der Waals surface area contributed by atoms with Gasteiger partial charge in [0.05, 0.1) is 23.2 Å². The number of carbonyl (C=O) groups excluding carboxylic acids is 1. The van der Waals surface area contributed by atoms with Gasteiger partial charge in [0.15, 0.2) is 0 Å². The van der Waals surface area contributed by atoms with E-state index in [1.807, 2.05) is 43.3 Å². The summed E-state index contributed by atoms with van der Waals surface area (Å²) >= 11 is 1.83. The number of carbonyl (C=O) groups is 1. The van der Waals surface area contributed by atoms with Crippen LogP contribution in [0.15, 0.2) is 10.9 Å². The molecule has 2 aromatic heterocycles. The number of H-pyrrole nitrogens is 1. The molecule has 1 saturated heterocycles. The first-order chi connectivity index (χ1) is 17.8. The first kappa shape index (κ1) is 26.4. The molecule has 1 aliphatic carbocycles. The first-order valence-corrected chi connectivity index (χ1v) is 14.8. The fourth-order valence-electron chi connectivity index (χ4n) is 6.62. The Labute approximate surface area is 224 Å². The molecule has 0 spiro atoms. The van der Waals surface area contributed by atoms with Gasteiger partial charge in [0, 0.05) is 61.5 Å². The highest BCUT2D eigenvalue weighted by Gasteiger charge is 2.37. The van der Waals surface area contributed by atoms with Gasteiger partial charge in [0.1, 0.15) is 0 Å². The molecule has 202 valence electrons. The number of methoxy groups -OCH3 is 1. The predicted molar refractivity (Wildman–Crippen MR) is 150 cm³/mol.